The minimum Gasteiger partial charge on any atom is -0.366 e. The van der Waals surface area contributed by atoms with Gasteiger partial charge in [0.15, 0.2) is 0 Å². The van der Waals surface area contributed by atoms with E-state index in [1.54, 1.807) is 6.20 Å². The van der Waals surface area contributed by atoms with Crippen LogP contribution < -0.4 is 5.32 Å². The van der Waals surface area contributed by atoms with Gasteiger partial charge in [-0.2, -0.15) is 0 Å². The number of hydrogen-bond acceptors (Lipinski definition) is 4. The van der Waals surface area contributed by atoms with Crippen molar-refractivity contribution in [3.05, 3.63) is 17.5 Å². The summed E-state index contributed by atoms with van der Waals surface area (Å²) in [6.07, 6.45) is 4.99. The van der Waals surface area contributed by atoms with Crippen LogP contribution in [0.4, 0.5) is 5.82 Å². The zero-order valence-electron chi connectivity index (χ0n) is 8.15. The largest absolute Gasteiger partial charge is 0.366 e. The second-order valence-corrected chi connectivity index (χ2v) is 5.58. The van der Waals surface area contributed by atoms with Gasteiger partial charge in [0, 0.05) is 28.3 Å². The van der Waals surface area contributed by atoms with Crippen LogP contribution in [-0.4, -0.2) is 31.7 Å². The number of nitrogens with zero attached hydrogens (tertiary/aromatic N) is 2. The molecule has 4 nitrogen and oxygen atoms in total. The number of nitrogens with one attached hydrogen (secondary N) is 1. The molecule has 6 heteroatoms. The Morgan fingerprint density at radius 2 is 2.13 bits per heavy atom. The first-order valence-corrected chi connectivity index (χ1v) is 6.70. The predicted molar refractivity (Wildman–Crippen MR) is 61.6 cm³/mol. The summed E-state index contributed by atoms with van der Waals surface area (Å²) in [5, 5.41) is 3.64. The number of rotatable bonds is 2. The first-order valence-electron chi connectivity index (χ1n) is 4.83. The van der Waals surface area contributed by atoms with Gasteiger partial charge in [0.05, 0.1) is 12.4 Å². The van der Waals surface area contributed by atoms with Crippen molar-refractivity contribution in [1.82, 2.24) is 9.97 Å². The third-order valence-corrected chi connectivity index (χ3v) is 3.91. The Balaban J connectivity index is 1.94. The van der Waals surface area contributed by atoms with E-state index >= 15 is 0 Å². The Morgan fingerprint density at radius 1 is 1.40 bits per heavy atom. The molecule has 0 unspecified atom stereocenters. The summed E-state index contributed by atoms with van der Waals surface area (Å²) in [5.41, 5.74) is 0. The summed E-state index contributed by atoms with van der Waals surface area (Å²) in [6.45, 7) is 0. The average molecular weight is 246 g/mol. The molecule has 0 aliphatic carbocycles. The summed E-state index contributed by atoms with van der Waals surface area (Å²) in [6, 6.07) is 0.343. The lowest BCUT2D eigenvalue weighted by Gasteiger charge is -2.22. The highest BCUT2D eigenvalue weighted by molar-refractivity contribution is 7.85. The smallest absolute Gasteiger partial charge is 0.149 e. The molecule has 1 fully saturated rings. The molecule has 0 amide bonds. The maximum Gasteiger partial charge on any atom is 0.149 e. The van der Waals surface area contributed by atoms with Crippen LogP contribution in [0.5, 0.6) is 0 Å². The van der Waals surface area contributed by atoms with Crippen molar-refractivity contribution < 1.29 is 4.21 Å². The molecule has 0 atom stereocenters. The molecule has 0 radical (unpaired) electrons. The number of halogens is 1. The Hall–Kier alpha value is -0.680. The standard InChI is InChI=1S/C9H12ClN3OS/c10-8-5-11-6-9(13-8)12-7-1-3-15(14)4-2-7/h5-7H,1-4H2,(H,12,13). The van der Waals surface area contributed by atoms with Crippen molar-refractivity contribution in [2.24, 2.45) is 0 Å². The van der Waals surface area contributed by atoms with E-state index in [0.29, 0.717) is 17.0 Å². The molecule has 0 bridgehead atoms. The lowest BCUT2D eigenvalue weighted by molar-refractivity contribution is 0.622. The van der Waals surface area contributed by atoms with Crippen molar-refractivity contribution in [2.45, 2.75) is 18.9 Å². The molecule has 82 valence electrons. The molecular weight excluding hydrogens is 234 g/mol. The average Bonchev–Trinajstić information content (AvgIpc) is 2.22. The van der Waals surface area contributed by atoms with E-state index in [1.807, 2.05) is 0 Å². The molecule has 1 N–H and O–H groups in total. The van der Waals surface area contributed by atoms with Crippen LogP contribution in [0, 0.1) is 0 Å². The molecule has 1 aliphatic rings. The molecule has 1 aromatic heterocycles. The first kappa shape index (κ1) is 10.8. The molecule has 15 heavy (non-hydrogen) atoms. The Bertz CT molecular complexity index is 364. The van der Waals surface area contributed by atoms with Gasteiger partial charge in [0.25, 0.3) is 0 Å². The van der Waals surface area contributed by atoms with E-state index in [1.165, 1.54) is 6.20 Å². The van der Waals surface area contributed by atoms with E-state index in [-0.39, 0.29) is 0 Å². The van der Waals surface area contributed by atoms with Gasteiger partial charge < -0.3 is 5.32 Å². The predicted octanol–water partition coefficient (Wildman–Crippen LogP) is 1.45. The van der Waals surface area contributed by atoms with Crippen molar-refractivity contribution in [3.63, 3.8) is 0 Å². The quantitative estimate of drug-likeness (QED) is 0.857. The second-order valence-electron chi connectivity index (χ2n) is 3.49. The zero-order chi connectivity index (χ0) is 10.7. The third-order valence-electron chi connectivity index (χ3n) is 2.35. The Labute approximate surface area is 95.9 Å². The van der Waals surface area contributed by atoms with Crippen LogP contribution in [0.25, 0.3) is 0 Å². The van der Waals surface area contributed by atoms with E-state index in [9.17, 15) is 4.21 Å². The van der Waals surface area contributed by atoms with E-state index in [0.717, 1.165) is 24.3 Å². The van der Waals surface area contributed by atoms with E-state index < -0.39 is 10.8 Å². The fourth-order valence-electron chi connectivity index (χ4n) is 1.56. The SMILES string of the molecule is O=S1CCC(Nc2cncc(Cl)n2)CC1. The lowest BCUT2D eigenvalue weighted by atomic mass is 10.1. The molecule has 2 heterocycles. The van der Waals surface area contributed by atoms with Gasteiger partial charge >= 0.3 is 0 Å². The maximum absolute atomic E-state index is 11.1. The minimum atomic E-state index is -0.625. The topological polar surface area (TPSA) is 54.9 Å². The Kier molecular flexibility index (Phi) is 3.53. The normalized spacial score (nSPS) is 26.2. The van der Waals surface area contributed by atoms with Crippen molar-refractivity contribution in [1.29, 1.82) is 0 Å². The highest BCUT2D eigenvalue weighted by Gasteiger charge is 2.17. The van der Waals surface area contributed by atoms with Crippen LogP contribution in [0.3, 0.4) is 0 Å². The third kappa shape index (κ3) is 3.14. The van der Waals surface area contributed by atoms with Gasteiger partial charge in [0.2, 0.25) is 0 Å². The molecule has 0 spiro atoms. The van der Waals surface area contributed by atoms with Gasteiger partial charge in [-0.05, 0) is 12.8 Å². The van der Waals surface area contributed by atoms with Crippen molar-refractivity contribution in [2.75, 3.05) is 16.8 Å². The lowest BCUT2D eigenvalue weighted by Crippen LogP contribution is -2.29. The molecule has 1 aliphatic heterocycles. The monoisotopic (exact) mass is 245 g/mol. The van der Waals surface area contributed by atoms with Gasteiger partial charge in [-0.15, -0.1) is 0 Å². The zero-order valence-corrected chi connectivity index (χ0v) is 9.72. The first-order chi connectivity index (χ1) is 7.24. The summed E-state index contributed by atoms with van der Waals surface area (Å²) >= 11 is 5.72. The molecule has 0 saturated carbocycles. The van der Waals surface area contributed by atoms with Crippen LogP contribution in [0.2, 0.25) is 5.15 Å². The molecule has 0 aromatic carbocycles. The second kappa shape index (κ2) is 4.90. The maximum atomic E-state index is 11.1. The number of anilines is 1. The molecule has 1 aromatic rings. The molecule has 1 saturated heterocycles. The highest BCUT2D eigenvalue weighted by atomic mass is 35.5. The van der Waals surface area contributed by atoms with Gasteiger partial charge in [-0.1, -0.05) is 11.6 Å². The molecular formula is C9H12ClN3OS. The van der Waals surface area contributed by atoms with Crippen LogP contribution >= 0.6 is 11.6 Å². The minimum absolute atomic E-state index is 0.343. The van der Waals surface area contributed by atoms with E-state index in [2.05, 4.69) is 15.3 Å². The van der Waals surface area contributed by atoms with Gasteiger partial charge in [0.1, 0.15) is 11.0 Å². The number of aromatic nitrogens is 2. The fraction of sp³-hybridized carbons (Fsp3) is 0.556. The van der Waals surface area contributed by atoms with Crippen LogP contribution in [0.15, 0.2) is 12.4 Å². The van der Waals surface area contributed by atoms with Gasteiger partial charge in [-0.3, -0.25) is 9.19 Å². The van der Waals surface area contributed by atoms with Crippen LogP contribution in [-0.2, 0) is 10.8 Å². The van der Waals surface area contributed by atoms with Crippen molar-refractivity contribution >= 4 is 28.2 Å². The summed E-state index contributed by atoms with van der Waals surface area (Å²) < 4.78 is 11.1. The number of hydrogen-bond donors (Lipinski definition) is 1. The van der Waals surface area contributed by atoms with Crippen molar-refractivity contribution in [3.8, 4) is 0 Å². The van der Waals surface area contributed by atoms with Crippen LogP contribution in [0.1, 0.15) is 12.8 Å². The molecule has 2 rings (SSSR count). The summed E-state index contributed by atoms with van der Waals surface area (Å²) in [5.74, 6) is 2.23. The summed E-state index contributed by atoms with van der Waals surface area (Å²) in [4.78, 5) is 8.05. The highest BCUT2D eigenvalue weighted by Crippen LogP contribution is 2.15. The summed E-state index contributed by atoms with van der Waals surface area (Å²) in [7, 11) is -0.625. The fourth-order valence-corrected chi connectivity index (χ4v) is 3.01. The van der Waals surface area contributed by atoms with Gasteiger partial charge in [-0.25, -0.2) is 4.98 Å². The van der Waals surface area contributed by atoms with E-state index in [4.69, 9.17) is 11.6 Å². The Morgan fingerprint density at radius 3 is 2.80 bits per heavy atom.